The molecule has 1 aromatic rings. The van der Waals surface area contributed by atoms with E-state index in [1.54, 1.807) is 13.8 Å². The molecule has 108 valence electrons. The van der Waals surface area contributed by atoms with Gasteiger partial charge in [-0.05, 0) is 44.9 Å². The average molecular weight is 288 g/mol. The average Bonchev–Trinajstić information content (AvgIpc) is 2.29. The van der Waals surface area contributed by atoms with Crippen molar-refractivity contribution in [2.45, 2.75) is 45.1 Å². The van der Waals surface area contributed by atoms with Gasteiger partial charge in [-0.2, -0.15) is 4.31 Å². The van der Waals surface area contributed by atoms with Crippen LogP contribution < -0.4 is 5.73 Å². The predicted octanol–water partition coefficient (Wildman–Crippen LogP) is 2.53. The summed E-state index contributed by atoms with van der Waals surface area (Å²) >= 11 is 0. The Kier molecular flexibility index (Phi) is 4.92. The number of rotatable bonds is 5. The van der Waals surface area contributed by atoms with Gasteiger partial charge < -0.3 is 5.73 Å². The van der Waals surface area contributed by atoms with Gasteiger partial charge in [0.2, 0.25) is 10.0 Å². The lowest BCUT2D eigenvalue weighted by Crippen LogP contribution is -2.38. The molecule has 0 fully saturated rings. The number of sulfonamides is 1. The van der Waals surface area contributed by atoms with Gasteiger partial charge in [0.15, 0.2) is 0 Å². The first-order chi connectivity index (χ1) is 8.71. The Hall–Kier alpha value is -1.14. The van der Waals surface area contributed by atoms with Crippen LogP contribution in [-0.4, -0.2) is 25.3 Å². The molecule has 0 atom stereocenters. The Labute approximate surface area is 114 Å². The maximum Gasteiger partial charge on any atom is 0.246 e. The Balaban J connectivity index is 3.41. The SMILES string of the molecule is CCCN(C(C)C)S(=O)(=O)c1cc(N)cc(C)c1F. The molecule has 19 heavy (non-hydrogen) atoms. The maximum absolute atomic E-state index is 14.1. The van der Waals surface area contributed by atoms with Gasteiger partial charge in [0.1, 0.15) is 10.7 Å². The largest absolute Gasteiger partial charge is 0.399 e. The number of aryl methyl sites for hydroxylation is 1. The molecule has 6 heteroatoms. The molecule has 1 aromatic carbocycles. The molecule has 2 N–H and O–H groups in total. The lowest BCUT2D eigenvalue weighted by atomic mass is 10.2. The van der Waals surface area contributed by atoms with Crippen molar-refractivity contribution in [1.29, 1.82) is 0 Å². The highest BCUT2D eigenvalue weighted by Crippen LogP contribution is 2.26. The van der Waals surface area contributed by atoms with Crippen LogP contribution in [0.15, 0.2) is 17.0 Å². The second-order valence-electron chi connectivity index (χ2n) is 4.86. The minimum atomic E-state index is -3.86. The summed E-state index contributed by atoms with van der Waals surface area (Å²) in [5, 5.41) is 0. The summed E-state index contributed by atoms with van der Waals surface area (Å²) in [7, 11) is -3.86. The Bertz CT molecular complexity index is 556. The second kappa shape index (κ2) is 5.88. The molecule has 0 saturated carbocycles. The molecule has 1 rings (SSSR count). The Morgan fingerprint density at radius 1 is 1.37 bits per heavy atom. The molecular weight excluding hydrogens is 267 g/mol. The molecule has 0 bridgehead atoms. The minimum Gasteiger partial charge on any atom is -0.399 e. The van der Waals surface area contributed by atoms with Gasteiger partial charge in [0.25, 0.3) is 0 Å². The summed E-state index contributed by atoms with van der Waals surface area (Å²) in [6.45, 7) is 7.28. The monoisotopic (exact) mass is 288 g/mol. The summed E-state index contributed by atoms with van der Waals surface area (Å²) in [5.74, 6) is -0.726. The number of nitrogens with zero attached hydrogens (tertiary/aromatic N) is 1. The first-order valence-corrected chi connectivity index (χ1v) is 7.73. The van der Waals surface area contributed by atoms with Crippen molar-refractivity contribution in [3.05, 3.63) is 23.5 Å². The molecule has 0 aliphatic carbocycles. The third-order valence-corrected chi connectivity index (χ3v) is 4.92. The van der Waals surface area contributed by atoms with Gasteiger partial charge in [-0.1, -0.05) is 6.92 Å². The van der Waals surface area contributed by atoms with E-state index in [9.17, 15) is 12.8 Å². The smallest absolute Gasteiger partial charge is 0.246 e. The first kappa shape index (κ1) is 15.9. The number of hydrogen-bond donors (Lipinski definition) is 1. The number of nitrogens with two attached hydrogens (primary N) is 1. The standard InChI is InChI=1S/C13H21FN2O2S/c1-5-6-16(9(2)3)19(17,18)12-8-11(15)7-10(4)13(12)14/h7-9H,5-6,15H2,1-4H3. The van der Waals surface area contributed by atoms with Gasteiger partial charge in [-0.3, -0.25) is 0 Å². The van der Waals surface area contributed by atoms with Gasteiger partial charge >= 0.3 is 0 Å². The van der Waals surface area contributed by atoms with Crippen LogP contribution in [0, 0.1) is 12.7 Å². The number of nitrogen functional groups attached to an aromatic ring is 1. The molecule has 0 unspecified atom stereocenters. The molecule has 0 aliphatic heterocycles. The number of halogens is 1. The normalized spacial score (nSPS) is 12.4. The predicted molar refractivity (Wildman–Crippen MR) is 74.9 cm³/mol. The molecule has 0 radical (unpaired) electrons. The van der Waals surface area contributed by atoms with Crippen molar-refractivity contribution in [3.63, 3.8) is 0 Å². The minimum absolute atomic E-state index is 0.230. The van der Waals surface area contributed by atoms with E-state index in [1.807, 2.05) is 6.92 Å². The van der Waals surface area contributed by atoms with E-state index in [0.29, 0.717) is 13.0 Å². The zero-order chi connectivity index (χ0) is 14.8. The number of hydrogen-bond acceptors (Lipinski definition) is 3. The fraction of sp³-hybridized carbons (Fsp3) is 0.538. The van der Waals surface area contributed by atoms with Crippen molar-refractivity contribution >= 4 is 15.7 Å². The highest BCUT2D eigenvalue weighted by Gasteiger charge is 2.29. The van der Waals surface area contributed by atoms with Crippen LogP contribution in [0.4, 0.5) is 10.1 Å². The van der Waals surface area contributed by atoms with Crippen molar-refractivity contribution in [1.82, 2.24) is 4.31 Å². The molecule has 4 nitrogen and oxygen atoms in total. The molecular formula is C13H21FN2O2S. The number of anilines is 1. The van der Waals surface area contributed by atoms with Crippen LogP contribution >= 0.6 is 0 Å². The first-order valence-electron chi connectivity index (χ1n) is 6.29. The summed E-state index contributed by atoms with van der Waals surface area (Å²) in [6, 6.07) is 2.38. The quantitative estimate of drug-likeness (QED) is 0.847. The zero-order valence-electron chi connectivity index (χ0n) is 11.8. The fourth-order valence-electron chi connectivity index (χ4n) is 1.95. The van der Waals surface area contributed by atoms with Crippen LogP contribution in [0.2, 0.25) is 0 Å². The highest BCUT2D eigenvalue weighted by atomic mass is 32.2. The van der Waals surface area contributed by atoms with Crippen molar-refractivity contribution in [3.8, 4) is 0 Å². The molecule has 0 heterocycles. The van der Waals surface area contributed by atoms with E-state index in [0.717, 1.165) is 0 Å². The van der Waals surface area contributed by atoms with Gasteiger partial charge in [0.05, 0.1) is 0 Å². The van der Waals surface area contributed by atoms with Crippen LogP contribution in [0.5, 0.6) is 0 Å². The third kappa shape index (κ3) is 3.25. The Morgan fingerprint density at radius 2 is 1.95 bits per heavy atom. The van der Waals surface area contributed by atoms with E-state index >= 15 is 0 Å². The highest BCUT2D eigenvalue weighted by molar-refractivity contribution is 7.89. The maximum atomic E-state index is 14.1. The lowest BCUT2D eigenvalue weighted by molar-refractivity contribution is 0.352. The Morgan fingerprint density at radius 3 is 2.42 bits per heavy atom. The van der Waals surface area contributed by atoms with E-state index in [-0.39, 0.29) is 22.2 Å². The molecule has 0 amide bonds. The van der Waals surface area contributed by atoms with Gasteiger partial charge in [-0.25, -0.2) is 12.8 Å². The van der Waals surface area contributed by atoms with E-state index in [2.05, 4.69) is 0 Å². The van der Waals surface area contributed by atoms with Crippen molar-refractivity contribution in [2.75, 3.05) is 12.3 Å². The van der Waals surface area contributed by atoms with Crippen LogP contribution in [0.25, 0.3) is 0 Å². The molecule has 0 spiro atoms. The summed E-state index contributed by atoms with van der Waals surface area (Å²) in [4.78, 5) is -0.341. The van der Waals surface area contributed by atoms with E-state index in [4.69, 9.17) is 5.73 Å². The molecule has 0 aliphatic rings. The second-order valence-corrected chi connectivity index (χ2v) is 6.72. The molecule has 0 aromatic heterocycles. The summed E-state index contributed by atoms with van der Waals surface area (Å²) in [6.07, 6.45) is 0.667. The lowest BCUT2D eigenvalue weighted by Gasteiger charge is -2.26. The van der Waals surface area contributed by atoms with E-state index < -0.39 is 15.8 Å². The van der Waals surface area contributed by atoms with Crippen LogP contribution in [0.3, 0.4) is 0 Å². The summed E-state index contributed by atoms with van der Waals surface area (Å²) < 4.78 is 40.4. The van der Waals surface area contributed by atoms with Gasteiger partial charge in [0, 0.05) is 18.3 Å². The third-order valence-electron chi connectivity index (χ3n) is 2.85. The summed E-state index contributed by atoms with van der Waals surface area (Å²) in [5.41, 5.74) is 6.11. The van der Waals surface area contributed by atoms with E-state index in [1.165, 1.54) is 23.4 Å². The van der Waals surface area contributed by atoms with Crippen molar-refractivity contribution < 1.29 is 12.8 Å². The number of benzene rings is 1. The molecule has 0 saturated heterocycles. The zero-order valence-corrected chi connectivity index (χ0v) is 12.6. The topological polar surface area (TPSA) is 63.4 Å². The van der Waals surface area contributed by atoms with Gasteiger partial charge in [-0.15, -0.1) is 0 Å². The van der Waals surface area contributed by atoms with Crippen LogP contribution in [-0.2, 0) is 10.0 Å². The fourth-order valence-corrected chi connectivity index (χ4v) is 3.86. The van der Waals surface area contributed by atoms with Crippen LogP contribution in [0.1, 0.15) is 32.8 Å². The van der Waals surface area contributed by atoms with Crippen molar-refractivity contribution in [2.24, 2.45) is 0 Å².